The summed E-state index contributed by atoms with van der Waals surface area (Å²) in [5.41, 5.74) is 0.904. The van der Waals surface area contributed by atoms with Crippen molar-refractivity contribution in [3.8, 4) is 0 Å². The van der Waals surface area contributed by atoms with Gasteiger partial charge in [-0.3, -0.25) is 4.79 Å². The zero-order chi connectivity index (χ0) is 15.3. The first kappa shape index (κ1) is 14.6. The van der Waals surface area contributed by atoms with Gasteiger partial charge in [-0.15, -0.1) is 0 Å². The summed E-state index contributed by atoms with van der Waals surface area (Å²) in [7, 11) is 0. The Kier molecular flexibility index (Phi) is 3.40. The van der Waals surface area contributed by atoms with Gasteiger partial charge < -0.3 is 15.1 Å². The van der Waals surface area contributed by atoms with Crippen LogP contribution in [-0.4, -0.2) is 18.0 Å². The first-order valence-electron chi connectivity index (χ1n) is 7.94. The number of amides is 1. The third kappa shape index (κ3) is 2.73. The fourth-order valence-corrected chi connectivity index (χ4v) is 3.72. The lowest BCUT2D eigenvalue weighted by molar-refractivity contribution is -0.127. The first-order valence-corrected chi connectivity index (χ1v) is 7.94. The highest BCUT2D eigenvalue weighted by molar-refractivity contribution is 5.86. The van der Waals surface area contributed by atoms with Crippen LogP contribution in [0.4, 0.5) is 0 Å². The predicted octanol–water partition coefficient (Wildman–Crippen LogP) is 2.86. The van der Waals surface area contributed by atoms with E-state index in [0.717, 1.165) is 43.7 Å². The van der Waals surface area contributed by atoms with Crippen LogP contribution < -0.4 is 10.6 Å². The van der Waals surface area contributed by atoms with Crippen molar-refractivity contribution in [2.24, 2.45) is 5.41 Å². The zero-order valence-electron chi connectivity index (χ0n) is 13.5. The Balaban J connectivity index is 1.83. The molecule has 4 heteroatoms. The molecule has 1 fully saturated rings. The van der Waals surface area contributed by atoms with Crippen LogP contribution in [0.25, 0.3) is 0 Å². The molecule has 2 unspecified atom stereocenters. The number of rotatable bonds is 2. The summed E-state index contributed by atoms with van der Waals surface area (Å²) >= 11 is 0. The highest BCUT2D eigenvalue weighted by atomic mass is 16.3. The summed E-state index contributed by atoms with van der Waals surface area (Å²) in [5.74, 6) is 2.09. The molecule has 0 spiro atoms. The fraction of sp³-hybridized carbons (Fsp3) is 0.706. The molecule has 0 radical (unpaired) electrons. The van der Waals surface area contributed by atoms with E-state index in [1.165, 1.54) is 5.56 Å². The molecule has 2 atom stereocenters. The van der Waals surface area contributed by atoms with Gasteiger partial charge in [0.1, 0.15) is 11.5 Å². The fourth-order valence-electron chi connectivity index (χ4n) is 3.72. The summed E-state index contributed by atoms with van der Waals surface area (Å²) in [4.78, 5) is 12.7. The number of hydrogen-bond donors (Lipinski definition) is 2. The van der Waals surface area contributed by atoms with Gasteiger partial charge in [0, 0.05) is 12.0 Å². The quantitative estimate of drug-likeness (QED) is 0.880. The van der Waals surface area contributed by atoms with Crippen LogP contribution in [0, 0.1) is 12.3 Å². The molecule has 0 bridgehead atoms. The average molecular weight is 290 g/mol. The molecule has 3 rings (SSSR count). The maximum Gasteiger partial charge on any atom is 0.240 e. The van der Waals surface area contributed by atoms with Crippen LogP contribution in [0.2, 0.25) is 0 Å². The van der Waals surface area contributed by atoms with Crippen molar-refractivity contribution in [2.75, 3.05) is 6.54 Å². The van der Waals surface area contributed by atoms with Crippen LogP contribution >= 0.6 is 0 Å². The maximum atomic E-state index is 12.7. The van der Waals surface area contributed by atoms with E-state index < -0.39 is 5.54 Å². The Morgan fingerprint density at radius 2 is 2.19 bits per heavy atom. The number of furan rings is 1. The number of carbonyl (C=O) groups is 1. The second-order valence-corrected chi connectivity index (χ2v) is 7.67. The highest BCUT2D eigenvalue weighted by Crippen LogP contribution is 2.42. The molecule has 21 heavy (non-hydrogen) atoms. The summed E-state index contributed by atoms with van der Waals surface area (Å²) in [6, 6.07) is 2.15. The maximum absolute atomic E-state index is 12.7. The zero-order valence-corrected chi connectivity index (χ0v) is 13.5. The molecule has 1 amide bonds. The van der Waals surface area contributed by atoms with Crippen molar-refractivity contribution >= 4 is 5.91 Å². The molecule has 2 heterocycles. The number of nitrogens with one attached hydrogen (secondary N) is 2. The van der Waals surface area contributed by atoms with Crippen molar-refractivity contribution in [2.45, 2.75) is 65.0 Å². The second kappa shape index (κ2) is 4.87. The van der Waals surface area contributed by atoms with Gasteiger partial charge in [0.2, 0.25) is 5.91 Å². The SMILES string of the molecule is Cc1cc2c(o1)CC(C)(C)CC2NC(=O)C1(C)CCCN1. The normalized spacial score (nSPS) is 31.0. The number of fused-ring (bicyclic) bond motifs is 1. The third-order valence-corrected chi connectivity index (χ3v) is 4.91. The Labute approximate surface area is 126 Å². The van der Waals surface area contributed by atoms with E-state index in [0.29, 0.717) is 0 Å². The molecular weight excluding hydrogens is 264 g/mol. The van der Waals surface area contributed by atoms with Crippen LogP contribution in [0.15, 0.2) is 10.5 Å². The molecule has 116 valence electrons. The van der Waals surface area contributed by atoms with E-state index in [9.17, 15) is 4.79 Å². The minimum absolute atomic E-state index is 0.0629. The standard InChI is InChI=1S/C17H26N2O2/c1-11-8-12-13(9-16(2,3)10-14(12)21-11)19-15(20)17(4)6-5-7-18-17/h8,13,18H,5-7,9-10H2,1-4H3,(H,19,20). The van der Waals surface area contributed by atoms with Crippen molar-refractivity contribution in [3.05, 3.63) is 23.2 Å². The Morgan fingerprint density at radius 3 is 2.86 bits per heavy atom. The summed E-state index contributed by atoms with van der Waals surface area (Å²) in [5, 5.41) is 6.60. The Morgan fingerprint density at radius 1 is 1.43 bits per heavy atom. The van der Waals surface area contributed by atoms with Gasteiger partial charge in [-0.2, -0.15) is 0 Å². The van der Waals surface area contributed by atoms with Crippen LogP contribution in [0.5, 0.6) is 0 Å². The lowest BCUT2D eigenvalue weighted by atomic mass is 9.74. The van der Waals surface area contributed by atoms with Gasteiger partial charge >= 0.3 is 0 Å². The molecule has 4 nitrogen and oxygen atoms in total. The van der Waals surface area contributed by atoms with Gasteiger partial charge in [-0.25, -0.2) is 0 Å². The molecule has 1 aromatic rings. The largest absolute Gasteiger partial charge is 0.466 e. The topological polar surface area (TPSA) is 54.3 Å². The van der Waals surface area contributed by atoms with E-state index in [4.69, 9.17) is 4.42 Å². The molecule has 0 saturated carbocycles. The van der Waals surface area contributed by atoms with E-state index in [1.807, 2.05) is 13.8 Å². The third-order valence-electron chi connectivity index (χ3n) is 4.91. The van der Waals surface area contributed by atoms with Crippen molar-refractivity contribution < 1.29 is 9.21 Å². The van der Waals surface area contributed by atoms with E-state index >= 15 is 0 Å². The Hall–Kier alpha value is -1.29. The van der Waals surface area contributed by atoms with Gasteiger partial charge in [-0.05, 0) is 51.1 Å². The molecule has 0 aromatic carbocycles. The lowest BCUT2D eigenvalue weighted by Crippen LogP contribution is -2.52. The molecular formula is C17H26N2O2. The van der Waals surface area contributed by atoms with Crippen LogP contribution in [-0.2, 0) is 11.2 Å². The number of hydrogen-bond acceptors (Lipinski definition) is 3. The van der Waals surface area contributed by atoms with E-state index in [-0.39, 0.29) is 17.4 Å². The highest BCUT2D eigenvalue weighted by Gasteiger charge is 2.40. The smallest absolute Gasteiger partial charge is 0.240 e. The molecule has 1 aromatic heterocycles. The summed E-state index contributed by atoms with van der Waals surface area (Å²) in [6.45, 7) is 9.38. The summed E-state index contributed by atoms with van der Waals surface area (Å²) in [6.07, 6.45) is 3.88. The molecule has 2 N–H and O–H groups in total. The minimum atomic E-state index is -0.416. The second-order valence-electron chi connectivity index (χ2n) is 7.67. The molecule has 1 aliphatic carbocycles. The van der Waals surface area contributed by atoms with Gasteiger partial charge in [-0.1, -0.05) is 13.8 Å². The van der Waals surface area contributed by atoms with E-state index in [2.05, 4.69) is 30.5 Å². The van der Waals surface area contributed by atoms with Gasteiger partial charge in [0.15, 0.2) is 0 Å². The van der Waals surface area contributed by atoms with E-state index in [1.54, 1.807) is 0 Å². The molecule has 1 aliphatic heterocycles. The monoisotopic (exact) mass is 290 g/mol. The first-order chi connectivity index (χ1) is 9.79. The molecule has 2 aliphatic rings. The van der Waals surface area contributed by atoms with Crippen molar-refractivity contribution in [1.29, 1.82) is 0 Å². The van der Waals surface area contributed by atoms with Crippen LogP contribution in [0.1, 0.15) is 63.2 Å². The van der Waals surface area contributed by atoms with Crippen LogP contribution in [0.3, 0.4) is 0 Å². The molecule has 1 saturated heterocycles. The van der Waals surface area contributed by atoms with Gasteiger partial charge in [0.05, 0.1) is 11.6 Å². The number of carbonyl (C=O) groups excluding carboxylic acids is 1. The average Bonchev–Trinajstić information content (AvgIpc) is 2.94. The lowest BCUT2D eigenvalue weighted by Gasteiger charge is -2.36. The van der Waals surface area contributed by atoms with Crippen molar-refractivity contribution in [3.63, 3.8) is 0 Å². The minimum Gasteiger partial charge on any atom is -0.466 e. The number of aryl methyl sites for hydroxylation is 1. The predicted molar refractivity (Wildman–Crippen MR) is 82.1 cm³/mol. The van der Waals surface area contributed by atoms with Crippen molar-refractivity contribution in [1.82, 2.24) is 10.6 Å². The Bertz CT molecular complexity index is 553. The van der Waals surface area contributed by atoms with Gasteiger partial charge in [0.25, 0.3) is 0 Å². The summed E-state index contributed by atoms with van der Waals surface area (Å²) < 4.78 is 5.84.